The molecule has 0 aliphatic heterocycles. The summed E-state index contributed by atoms with van der Waals surface area (Å²) in [5.41, 5.74) is 0. The molecule has 0 spiro atoms. The minimum absolute atomic E-state index is 0.0575. The third-order valence-electron chi connectivity index (χ3n) is 1.90. The van der Waals surface area contributed by atoms with Gasteiger partial charge >= 0.3 is 0 Å². The van der Waals surface area contributed by atoms with Crippen molar-refractivity contribution in [3.05, 3.63) is 0 Å². The molecule has 1 unspecified atom stereocenters. The van der Waals surface area contributed by atoms with Crippen LogP contribution >= 0.6 is 0 Å². The molecular weight excluding hydrogens is 180 g/mol. The van der Waals surface area contributed by atoms with Gasteiger partial charge in [-0.25, -0.2) is 0 Å². The number of nitrogens with one attached hydrogen (secondary N) is 2. The highest BCUT2D eigenvalue weighted by Gasteiger charge is 2.04. The molecule has 84 valence electrons. The van der Waals surface area contributed by atoms with Crippen LogP contribution in [0, 0.1) is 0 Å². The van der Waals surface area contributed by atoms with Gasteiger partial charge in [-0.05, 0) is 13.3 Å². The average molecular weight is 202 g/mol. The number of carbonyl (C=O) groups is 1. The summed E-state index contributed by atoms with van der Waals surface area (Å²) < 4.78 is 4.85. The molecule has 1 atom stereocenters. The van der Waals surface area contributed by atoms with E-state index in [1.54, 1.807) is 7.11 Å². The van der Waals surface area contributed by atoms with E-state index in [0.717, 1.165) is 12.8 Å². The van der Waals surface area contributed by atoms with Crippen molar-refractivity contribution in [3.8, 4) is 0 Å². The molecule has 1 amide bonds. The highest BCUT2D eigenvalue weighted by Crippen LogP contribution is 1.93. The van der Waals surface area contributed by atoms with E-state index in [0.29, 0.717) is 19.7 Å². The SMILES string of the molecule is CCCC(C)NC(=O)CNCCOC. The lowest BCUT2D eigenvalue weighted by Gasteiger charge is -2.12. The molecule has 0 heterocycles. The van der Waals surface area contributed by atoms with Crippen molar-refractivity contribution in [2.75, 3.05) is 26.8 Å². The van der Waals surface area contributed by atoms with Crippen LogP contribution in [0.3, 0.4) is 0 Å². The van der Waals surface area contributed by atoms with E-state index in [4.69, 9.17) is 4.74 Å². The number of carbonyl (C=O) groups excluding carboxylic acids is 1. The van der Waals surface area contributed by atoms with Crippen molar-refractivity contribution >= 4 is 5.91 Å². The molecule has 0 aliphatic carbocycles. The zero-order chi connectivity index (χ0) is 10.8. The molecule has 0 aromatic heterocycles. The molecule has 0 rings (SSSR count). The second kappa shape index (κ2) is 8.97. The van der Waals surface area contributed by atoms with Gasteiger partial charge < -0.3 is 15.4 Å². The van der Waals surface area contributed by atoms with E-state index < -0.39 is 0 Å². The normalized spacial score (nSPS) is 12.5. The average Bonchev–Trinajstić information content (AvgIpc) is 2.13. The summed E-state index contributed by atoms with van der Waals surface area (Å²) in [4.78, 5) is 11.3. The fourth-order valence-corrected chi connectivity index (χ4v) is 1.21. The first-order chi connectivity index (χ1) is 6.70. The molecule has 0 saturated carbocycles. The minimum Gasteiger partial charge on any atom is -0.383 e. The van der Waals surface area contributed by atoms with Crippen molar-refractivity contribution in [1.29, 1.82) is 0 Å². The van der Waals surface area contributed by atoms with Crippen LogP contribution in [-0.4, -0.2) is 38.8 Å². The van der Waals surface area contributed by atoms with Crippen LogP contribution in [0.5, 0.6) is 0 Å². The molecule has 4 nitrogen and oxygen atoms in total. The molecule has 0 aromatic carbocycles. The number of hydrogen-bond acceptors (Lipinski definition) is 3. The zero-order valence-electron chi connectivity index (χ0n) is 9.43. The van der Waals surface area contributed by atoms with Gasteiger partial charge in [0, 0.05) is 19.7 Å². The number of hydrogen-bond donors (Lipinski definition) is 2. The number of amides is 1. The Morgan fingerprint density at radius 2 is 2.21 bits per heavy atom. The predicted molar refractivity (Wildman–Crippen MR) is 57.3 cm³/mol. The van der Waals surface area contributed by atoms with Crippen LogP contribution in [-0.2, 0) is 9.53 Å². The van der Waals surface area contributed by atoms with Crippen molar-refractivity contribution in [2.45, 2.75) is 32.7 Å². The van der Waals surface area contributed by atoms with Crippen molar-refractivity contribution in [1.82, 2.24) is 10.6 Å². The van der Waals surface area contributed by atoms with Gasteiger partial charge in [-0.15, -0.1) is 0 Å². The molecular formula is C10H22N2O2. The first kappa shape index (κ1) is 13.4. The van der Waals surface area contributed by atoms with Crippen LogP contribution in [0.4, 0.5) is 0 Å². The Kier molecular flexibility index (Phi) is 8.57. The molecule has 0 bridgehead atoms. The van der Waals surface area contributed by atoms with Gasteiger partial charge in [-0.3, -0.25) is 4.79 Å². The molecule has 0 saturated heterocycles. The first-order valence-electron chi connectivity index (χ1n) is 5.19. The Labute approximate surface area is 86.4 Å². The van der Waals surface area contributed by atoms with Gasteiger partial charge in [0.05, 0.1) is 13.2 Å². The molecule has 0 aliphatic rings. The van der Waals surface area contributed by atoms with Crippen molar-refractivity contribution in [2.24, 2.45) is 0 Å². The van der Waals surface area contributed by atoms with Gasteiger partial charge in [0.15, 0.2) is 0 Å². The summed E-state index contributed by atoms with van der Waals surface area (Å²) in [5.74, 6) is 0.0575. The quantitative estimate of drug-likeness (QED) is 0.564. The minimum atomic E-state index is 0.0575. The maximum Gasteiger partial charge on any atom is 0.234 e. The lowest BCUT2D eigenvalue weighted by Crippen LogP contribution is -2.39. The molecule has 0 radical (unpaired) electrons. The number of ether oxygens (including phenoxy) is 1. The smallest absolute Gasteiger partial charge is 0.234 e. The van der Waals surface area contributed by atoms with Crippen molar-refractivity contribution in [3.63, 3.8) is 0 Å². The Balaban J connectivity index is 3.35. The van der Waals surface area contributed by atoms with E-state index in [1.807, 2.05) is 6.92 Å². The standard InChI is InChI=1S/C10H22N2O2/c1-4-5-9(2)12-10(13)8-11-6-7-14-3/h9,11H,4-8H2,1-3H3,(H,12,13). The summed E-state index contributed by atoms with van der Waals surface area (Å²) in [6.07, 6.45) is 2.13. The topological polar surface area (TPSA) is 50.4 Å². The Bertz CT molecular complexity index is 151. The predicted octanol–water partition coefficient (Wildman–Crippen LogP) is 0.527. The maximum absolute atomic E-state index is 11.3. The zero-order valence-corrected chi connectivity index (χ0v) is 9.43. The van der Waals surface area contributed by atoms with E-state index in [9.17, 15) is 4.79 Å². The van der Waals surface area contributed by atoms with Crippen molar-refractivity contribution < 1.29 is 9.53 Å². The lowest BCUT2D eigenvalue weighted by molar-refractivity contribution is -0.120. The van der Waals surface area contributed by atoms with Gasteiger partial charge in [-0.2, -0.15) is 0 Å². The molecule has 0 aromatic rings. The summed E-state index contributed by atoms with van der Waals surface area (Å²) in [6, 6.07) is 0.275. The highest BCUT2D eigenvalue weighted by molar-refractivity contribution is 5.78. The van der Waals surface area contributed by atoms with E-state index >= 15 is 0 Å². The van der Waals surface area contributed by atoms with Gasteiger partial charge in [-0.1, -0.05) is 13.3 Å². The molecule has 14 heavy (non-hydrogen) atoms. The maximum atomic E-state index is 11.3. The summed E-state index contributed by atoms with van der Waals surface area (Å²) in [6.45, 7) is 5.86. The number of methoxy groups -OCH3 is 1. The van der Waals surface area contributed by atoms with Crippen LogP contribution in [0.1, 0.15) is 26.7 Å². The van der Waals surface area contributed by atoms with Gasteiger partial charge in [0.2, 0.25) is 5.91 Å². The van der Waals surface area contributed by atoms with E-state index in [-0.39, 0.29) is 11.9 Å². The second-order valence-electron chi connectivity index (χ2n) is 3.43. The van der Waals surface area contributed by atoms with Crippen LogP contribution in [0.25, 0.3) is 0 Å². The highest BCUT2D eigenvalue weighted by atomic mass is 16.5. The molecule has 2 N–H and O–H groups in total. The first-order valence-corrected chi connectivity index (χ1v) is 5.19. The monoisotopic (exact) mass is 202 g/mol. The van der Waals surface area contributed by atoms with E-state index in [1.165, 1.54) is 0 Å². The molecule has 0 fully saturated rings. The number of rotatable bonds is 8. The van der Waals surface area contributed by atoms with Crippen LogP contribution < -0.4 is 10.6 Å². The fraction of sp³-hybridized carbons (Fsp3) is 0.900. The fourth-order valence-electron chi connectivity index (χ4n) is 1.21. The lowest BCUT2D eigenvalue weighted by atomic mass is 10.2. The van der Waals surface area contributed by atoms with Gasteiger partial charge in [0.1, 0.15) is 0 Å². The van der Waals surface area contributed by atoms with Crippen LogP contribution in [0.15, 0.2) is 0 Å². The third kappa shape index (κ3) is 8.01. The third-order valence-corrected chi connectivity index (χ3v) is 1.90. The Hall–Kier alpha value is -0.610. The Morgan fingerprint density at radius 1 is 1.50 bits per heavy atom. The van der Waals surface area contributed by atoms with Crippen LogP contribution in [0.2, 0.25) is 0 Å². The summed E-state index contributed by atoms with van der Waals surface area (Å²) >= 11 is 0. The summed E-state index contributed by atoms with van der Waals surface area (Å²) in [7, 11) is 1.64. The summed E-state index contributed by atoms with van der Waals surface area (Å²) in [5, 5.41) is 5.91. The second-order valence-corrected chi connectivity index (χ2v) is 3.43. The Morgan fingerprint density at radius 3 is 2.79 bits per heavy atom. The largest absolute Gasteiger partial charge is 0.383 e. The van der Waals surface area contributed by atoms with E-state index in [2.05, 4.69) is 17.6 Å². The molecule has 4 heteroatoms. The van der Waals surface area contributed by atoms with Gasteiger partial charge in [0.25, 0.3) is 0 Å².